The highest BCUT2D eigenvalue weighted by molar-refractivity contribution is 7.22. The third-order valence-electron chi connectivity index (χ3n) is 4.05. The number of aliphatic hydroxyl groups excluding tert-OH is 1. The SMILES string of the molecule is O=C(CCNc1nc2ccccc2s1)N1CCN(CCO)CC1. The summed E-state index contributed by atoms with van der Waals surface area (Å²) in [4.78, 5) is 20.8. The number of rotatable bonds is 6. The van der Waals surface area contributed by atoms with E-state index in [2.05, 4.69) is 21.3 Å². The molecule has 1 aromatic heterocycles. The summed E-state index contributed by atoms with van der Waals surface area (Å²) in [5, 5.41) is 13.1. The molecule has 2 aromatic rings. The van der Waals surface area contributed by atoms with Gasteiger partial charge < -0.3 is 15.3 Å². The van der Waals surface area contributed by atoms with E-state index in [-0.39, 0.29) is 12.5 Å². The second-order valence-corrected chi connectivity index (χ2v) is 6.64. The van der Waals surface area contributed by atoms with Gasteiger partial charge in [0.1, 0.15) is 0 Å². The Morgan fingerprint density at radius 3 is 2.78 bits per heavy atom. The van der Waals surface area contributed by atoms with Crippen molar-refractivity contribution in [3.05, 3.63) is 24.3 Å². The lowest BCUT2D eigenvalue weighted by Crippen LogP contribution is -2.49. The number of amides is 1. The van der Waals surface area contributed by atoms with Crippen LogP contribution in [-0.4, -0.2) is 71.7 Å². The minimum Gasteiger partial charge on any atom is -0.395 e. The van der Waals surface area contributed by atoms with Gasteiger partial charge >= 0.3 is 0 Å². The minimum atomic E-state index is 0.181. The Morgan fingerprint density at radius 2 is 2.04 bits per heavy atom. The zero-order valence-electron chi connectivity index (χ0n) is 13.1. The van der Waals surface area contributed by atoms with E-state index in [1.807, 2.05) is 23.1 Å². The lowest BCUT2D eigenvalue weighted by Gasteiger charge is -2.34. The molecule has 0 aliphatic carbocycles. The van der Waals surface area contributed by atoms with Gasteiger partial charge in [0.25, 0.3) is 0 Å². The average molecular weight is 334 g/mol. The molecule has 2 N–H and O–H groups in total. The number of carbonyl (C=O) groups is 1. The smallest absolute Gasteiger partial charge is 0.224 e. The number of β-amino-alcohol motifs (C(OH)–C–C–N with tert-alkyl or cyclic N) is 1. The Morgan fingerprint density at radius 1 is 1.26 bits per heavy atom. The predicted octanol–water partition coefficient (Wildman–Crippen LogP) is 1.23. The molecule has 1 aromatic carbocycles. The van der Waals surface area contributed by atoms with E-state index in [0.717, 1.165) is 41.5 Å². The monoisotopic (exact) mass is 334 g/mol. The van der Waals surface area contributed by atoms with Crippen LogP contribution >= 0.6 is 11.3 Å². The van der Waals surface area contributed by atoms with Gasteiger partial charge in [0, 0.05) is 45.7 Å². The highest BCUT2D eigenvalue weighted by Gasteiger charge is 2.20. The molecule has 0 radical (unpaired) electrons. The topological polar surface area (TPSA) is 68.7 Å². The fourth-order valence-electron chi connectivity index (χ4n) is 2.74. The summed E-state index contributed by atoms with van der Waals surface area (Å²) in [6.45, 7) is 4.67. The van der Waals surface area contributed by atoms with Gasteiger partial charge in [-0.1, -0.05) is 23.5 Å². The van der Waals surface area contributed by atoms with Crippen LogP contribution in [0.15, 0.2) is 24.3 Å². The van der Waals surface area contributed by atoms with Gasteiger partial charge in [-0.05, 0) is 12.1 Å². The molecule has 3 rings (SSSR count). The summed E-state index contributed by atoms with van der Waals surface area (Å²) in [5.41, 5.74) is 0.992. The van der Waals surface area contributed by atoms with Crippen LogP contribution in [0, 0.1) is 0 Å². The van der Waals surface area contributed by atoms with Gasteiger partial charge in [-0.2, -0.15) is 0 Å². The third kappa shape index (κ3) is 4.19. The molecule has 1 fully saturated rings. The van der Waals surface area contributed by atoms with Crippen molar-refractivity contribution in [2.24, 2.45) is 0 Å². The van der Waals surface area contributed by atoms with Crippen molar-refractivity contribution in [3.63, 3.8) is 0 Å². The number of benzene rings is 1. The first-order valence-electron chi connectivity index (χ1n) is 7.97. The van der Waals surface area contributed by atoms with Crippen molar-refractivity contribution in [1.82, 2.24) is 14.8 Å². The molecular weight excluding hydrogens is 312 g/mol. The van der Waals surface area contributed by atoms with Crippen molar-refractivity contribution in [3.8, 4) is 0 Å². The first-order valence-corrected chi connectivity index (χ1v) is 8.78. The number of hydrogen-bond donors (Lipinski definition) is 2. The summed E-state index contributed by atoms with van der Waals surface area (Å²) < 4.78 is 1.15. The number of carbonyl (C=O) groups excluding carboxylic acids is 1. The van der Waals surface area contributed by atoms with Gasteiger partial charge in [0.05, 0.1) is 16.8 Å². The van der Waals surface area contributed by atoms with Crippen molar-refractivity contribution in [1.29, 1.82) is 0 Å². The number of fused-ring (bicyclic) bond motifs is 1. The van der Waals surface area contributed by atoms with E-state index < -0.39 is 0 Å². The van der Waals surface area contributed by atoms with Gasteiger partial charge in [0.2, 0.25) is 5.91 Å². The van der Waals surface area contributed by atoms with Gasteiger partial charge in [0.15, 0.2) is 5.13 Å². The fraction of sp³-hybridized carbons (Fsp3) is 0.500. The number of anilines is 1. The molecule has 0 spiro atoms. The summed E-state index contributed by atoms with van der Waals surface area (Å²) in [6.07, 6.45) is 0.482. The van der Waals surface area contributed by atoms with E-state index in [0.29, 0.717) is 19.5 Å². The molecule has 124 valence electrons. The van der Waals surface area contributed by atoms with Crippen LogP contribution in [-0.2, 0) is 4.79 Å². The lowest BCUT2D eigenvalue weighted by molar-refractivity contribution is -0.132. The molecule has 6 nitrogen and oxygen atoms in total. The van der Waals surface area contributed by atoms with Crippen LogP contribution < -0.4 is 5.32 Å². The second-order valence-electron chi connectivity index (χ2n) is 5.61. The first-order chi connectivity index (χ1) is 11.3. The number of hydrogen-bond acceptors (Lipinski definition) is 6. The van der Waals surface area contributed by atoms with Crippen LogP contribution in [0.2, 0.25) is 0 Å². The molecule has 0 bridgehead atoms. The molecule has 1 saturated heterocycles. The zero-order valence-corrected chi connectivity index (χ0v) is 13.9. The summed E-state index contributed by atoms with van der Waals surface area (Å²) >= 11 is 1.61. The van der Waals surface area contributed by atoms with Gasteiger partial charge in [-0.3, -0.25) is 9.69 Å². The standard InChI is InChI=1S/C16H22N4O2S/c21-12-11-19-7-9-20(10-8-19)15(22)5-6-17-16-18-13-3-1-2-4-14(13)23-16/h1-4,21H,5-12H2,(H,17,18). The number of thiazole rings is 1. The Labute approximate surface area is 139 Å². The first kappa shape index (κ1) is 16.2. The molecule has 23 heavy (non-hydrogen) atoms. The number of aliphatic hydroxyl groups is 1. The minimum absolute atomic E-state index is 0.181. The van der Waals surface area contributed by atoms with Gasteiger partial charge in [-0.25, -0.2) is 4.98 Å². The number of aromatic nitrogens is 1. The average Bonchev–Trinajstić information content (AvgIpc) is 2.98. The second kappa shape index (κ2) is 7.72. The number of para-hydroxylation sites is 1. The predicted molar refractivity (Wildman–Crippen MR) is 92.8 cm³/mol. The quantitative estimate of drug-likeness (QED) is 0.832. The molecule has 2 heterocycles. The number of piperazine rings is 1. The fourth-order valence-corrected chi connectivity index (χ4v) is 3.64. The van der Waals surface area contributed by atoms with Crippen LogP contribution in [0.4, 0.5) is 5.13 Å². The molecule has 0 saturated carbocycles. The largest absolute Gasteiger partial charge is 0.395 e. The maximum Gasteiger partial charge on any atom is 0.224 e. The normalized spacial score (nSPS) is 16.0. The van der Waals surface area contributed by atoms with Crippen LogP contribution in [0.5, 0.6) is 0 Å². The van der Waals surface area contributed by atoms with Crippen molar-refractivity contribution >= 4 is 32.6 Å². The molecule has 1 aliphatic rings. The molecule has 1 aliphatic heterocycles. The summed E-state index contributed by atoms with van der Waals surface area (Å²) in [7, 11) is 0. The van der Waals surface area contributed by atoms with Crippen LogP contribution in [0.3, 0.4) is 0 Å². The molecule has 0 unspecified atom stereocenters. The Kier molecular flexibility index (Phi) is 5.43. The molecule has 0 atom stereocenters. The Balaban J connectivity index is 1.42. The van der Waals surface area contributed by atoms with E-state index in [1.165, 1.54) is 0 Å². The van der Waals surface area contributed by atoms with E-state index >= 15 is 0 Å². The summed E-state index contributed by atoms with van der Waals surface area (Å²) in [6, 6.07) is 8.03. The maximum atomic E-state index is 12.2. The molecule has 1 amide bonds. The van der Waals surface area contributed by atoms with Crippen molar-refractivity contribution in [2.45, 2.75) is 6.42 Å². The third-order valence-corrected chi connectivity index (χ3v) is 5.04. The van der Waals surface area contributed by atoms with E-state index in [9.17, 15) is 4.79 Å². The number of nitrogens with one attached hydrogen (secondary N) is 1. The number of nitrogens with zero attached hydrogens (tertiary/aromatic N) is 3. The zero-order chi connectivity index (χ0) is 16.1. The Hall–Kier alpha value is -1.70. The Bertz CT molecular complexity index is 619. The lowest BCUT2D eigenvalue weighted by atomic mass is 10.2. The maximum absolute atomic E-state index is 12.2. The van der Waals surface area contributed by atoms with Crippen molar-refractivity contribution in [2.75, 3.05) is 51.2 Å². The van der Waals surface area contributed by atoms with E-state index in [4.69, 9.17) is 5.11 Å². The van der Waals surface area contributed by atoms with Crippen molar-refractivity contribution < 1.29 is 9.90 Å². The van der Waals surface area contributed by atoms with E-state index in [1.54, 1.807) is 11.3 Å². The summed E-state index contributed by atoms with van der Waals surface area (Å²) in [5.74, 6) is 0.183. The van der Waals surface area contributed by atoms with Crippen LogP contribution in [0.1, 0.15) is 6.42 Å². The highest BCUT2D eigenvalue weighted by atomic mass is 32.1. The van der Waals surface area contributed by atoms with Crippen LogP contribution in [0.25, 0.3) is 10.2 Å². The highest BCUT2D eigenvalue weighted by Crippen LogP contribution is 2.25. The molecular formula is C16H22N4O2S. The van der Waals surface area contributed by atoms with Gasteiger partial charge in [-0.15, -0.1) is 0 Å². The molecule has 7 heteroatoms.